The number of carbonyl (C=O) groups is 1. The fourth-order valence-electron chi connectivity index (χ4n) is 2.77. The molecule has 1 saturated heterocycles. The number of guanidine groups is 1. The molecule has 1 aromatic carbocycles. The third-order valence-corrected chi connectivity index (χ3v) is 4.24. The summed E-state index contributed by atoms with van der Waals surface area (Å²) in [7, 11) is 0. The number of hydrogen-bond acceptors (Lipinski definition) is 2. The summed E-state index contributed by atoms with van der Waals surface area (Å²) in [5, 5.41) is 3.38. The summed E-state index contributed by atoms with van der Waals surface area (Å²) in [6.45, 7) is 10.8. The largest absolute Gasteiger partial charge is 0.357 e. The Hall–Kier alpha value is -2.04. The Labute approximate surface area is 139 Å². The van der Waals surface area contributed by atoms with E-state index in [4.69, 9.17) is 4.99 Å². The second-order valence-electron chi connectivity index (χ2n) is 6.00. The number of aliphatic imine (C=N–C) groups is 1. The van der Waals surface area contributed by atoms with Gasteiger partial charge < -0.3 is 15.1 Å². The minimum absolute atomic E-state index is 0.157. The first-order chi connectivity index (χ1) is 11.1. The molecule has 1 atom stereocenters. The van der Waals surface area contributed by atoms with Crippen LogP contribution in [0.4, 0.5) is 0 Å². The van der Waals surface area contributed by atoms with Gasteiger partial charge in [-0.05, 0) is 12.5 Å². The summed E-state index contributed by atoms with van der Waals surface area (Å²) < 4.78 is 0. The number of amides is 1. The molecule has 23 heavy (non-hydrogen) atoms. The molecule has 1 amide bonds. The molecule has 1 aliphatic heterocycles. The van der Waals surface area contributed by atoms with Gasteiger partial charge in [0.15, 0.2) is 5.96 Å². The fourth-order valence-corrected chi connectivity index (χ4v) is 2.77. The van der Waals surface area contributed by atoms with Gasteiger partial charge in [-0.1, -0.05) is 37.3 Å². The minimum Gasteiger partial charge on any atom is -0.357 e. The van der Waals surface area contributed by atoms with Crippen LogP contribution in [-0.4, -0.2) is 60.9 Å². The molecule has 1 aromatic rings. The van der Waals surface area contributed by atoms with Crippen molar-refractivity contribution in [2.24, 2.45) is 4.99 Å². The molecule has 1 heterocycles. The van der Waals surface area contributed by atoms with E-state index < -0.39 is 0 Å². The van der Waals surface area contributed by atoms with Crippen molar-refractivity contribution in [2.75, 3.05) is 39.3 Å². The van der Waals surface area contributed by atoms with Gasteiger partial charge in [-0.25, -0.2) is 0 Å². The lowest BCUT2D eigenvalue weighted by Crippen LogP contribution is -2.53. The number of nitrogens with zero attached hydrogens (tertiary/aromatic N) is 3. The number of piperazine rings is 1. The zero-order valence-electron chi connectivity index (χ0n) is 14.5. The number of rotatable bonds is 4. The van der Waals surface area contributed by atoms with Crippen LogP contribution in [0.3, 0.4) is 0 Å². The van der Waals surface area contributed by atoms with Crippen LogP contribution >= 0.6 is 0 Å². The average molecular weight is 316 g/mol. The topological polar surface area (TPSA) is 47.9 Å². The molecule has 1 fully saturated rings. The highest BCUT2D eigenvalue weighted by atomic mass is 16.2. The molecule has 5 heteroatoms. The molecule has 1 unspecified atom stereocenters. The predicted molar refractivity (Wildman–Crippen MR) is 94.7 cm³/mol. The zero-order chi connectivity index (χ0) is 16.7. The van der Waals surface area contributed by atoms with Gasteiger partial charge in [0.25, 0.3) is 0 Å². The van der Waals surface area contributed by atoms with Crippen LogP contribution in [0.1, 0.15) is 32.3 Å². The Balaban J connectivity index is 1.96. The molecule has 0 bridgehead atoms. The Kier molecular flexibility index (Phi) is 6.44. The monoisotopic (exact) mass is 316 g/mol. The second kappa shape index (κ2) is 8.56. The standard InChI is InChI=1S/C18H28N4O/c1-4-19-18(22-12-10-21(11-13-22)16(3)23)20-14-15(2)17-8-6-5-7-9-17/h5-9,15H,4,10-14H2,1-3H3,(H,19,20). The molecule has 2 rings (SSSR count). The minimum atomic E-state index is 0.157. The van der Waals surface area contributed by atoms with Crippen LogP contribution in [0.15, 0.2) is 35.3 Å². The highest BCUT2D eigenvalue weighted by molar-refractivity contribution is 5.80. The van der Waals surface area contributed by atoms with Gasteiger partial charge in [0, 0.05) is 52.1 Å². The third-order valence-electron chi connectivity index (χ3n) is 4.24. The predicted octanol–water partition coefficient (Wildman–Crippen LogP) is 1.92. The number of carbonyl (C=O) groups excluding carboxylic acids is 1. The highest BCUT2D eigenvalue weighted by Gasteiger charge is 2.21. The van der Waals surface area contributed by atoms with Crippen LogP contribution in [0.2, 0.25) is 0 Å². The first kappa shape index (κ1) is 17.3. The maximum absolute atomic E-state index is 11.4. The fraction of sp³-hybridized carbons (Fsp3) is 0.556. The molecular weight excluding hydrogens is 288 g/mol. The third kappa shape index (κ3) is 4.98. The molecular formula is C18H28N4O. The normalized spacial score (nSPS) is 17.1. The second-order valence-corrected chi connectivity index (χ2v) is 6.00. The molecule has 1 N–H and O–H groups in total. The Morgan fingerprint density at radius 3 is 2.35 bits per heavy atom. The van der Waals surface area contributed by atoms with Gasteiger partial charge in [0.05, 0.1) is 0 Å². The number of benzene rings is 1. The van der Waals surface area contributed by atoms with Crippen LogP contribution in [0.5, 0.6) is 0 Å². The zero-order valence-corrected chi connectivity index (χ0v) is 14.5. The Morgan fingerprint density at radius 1 is 1.17 bits per heavy atom. The van der Waals surface area contributed by atoms with E-state index in [9.17, 15) is 4.79 Å². The van der Waals surface area contributed by atoms with Gasteiger partial charge >= 0.3 is 0 Å². The van der Waals surface area contributed by atoms with E-state index in [1.54, 1.807) is 6.92 Å². The quantitative estimate of drug-likeness (QED) is 0.682. The van der Waals surface area contributed by atoms with E-state index in [-0.39, 0.29) is 5.91 Å². The van der Waals surface area contributed by atoms with Gasteiger partial charge in [0.2, 0.25) is 5.91 Å². The molecule has 5 nitrogen and oxygen atoms in total. The van der Waals surface area contributed by atoms with Gasteiger partial charge in [-0.15, -0.1) is 0 Å². The van der Waals surface area contributed by atoms with Crippen molar-refractivity contribution in [1.82, 2.24) is 15.1 Å². The summed E-state index contributed by atoms with van der Waals surface area (Å²) in [5.41, 5.74) is 1.31. The molecule has 0 saturated carbocycles. The van der Waals surface area contributed by atoms with E-state index in [2.05, 4.69) is 48.3 Å². The van der Waals surface area contributed by atoms with E-state index in [1.807, 2.05) is 11.0 Å². The van der Waals surface area contributed by atoms with E-state index in [0.29, 0.717) is 5.92 Å². The molecule has 0 radical (unpaired) electrons. The first-order valence-corrected chi connectivity index (χ1v) is 8.45. The Morgan fingerprint density at radius 2 is 1.78 bits per heavy atom. The van der Waals surface area contributed by atoms with Crippen molar-refractivity contribution in [1.29, 1.82) is 0 Å². The van der Waals surface area contributed by atoms with Crippen molar-refractivity contribution in [3.63, 3.8) is 0 Å². The smallest absolute Gasteiger partial charge is 0.219 e. The molecule has 0 spiro atoms. The van der Waals surface area contributed by atoms with Crippen LogP contribution in [0, 0.1) is 0 Å². The lowest BCUT2D eigenvalue weighted by Gasteiger charge is -2.36. The average Bonchev–Trinajstić information content (AvgIpc) is 2.59. The van der Waals surface area contributed by atoms with Gasteiger partial charge in [-0.3, -0.25) is 9.79 Å². The van der Waals surface area contributed by atoms with Crippen molar-refractivity contribution in [3.05, 3.63) is 35.9 Å². The van der Waals surface area contributed by atoms with E-state index in [0.717, 1.165) is 45.2 Å². The maximum atomic E-state index is 11.4. The lowest BCUT2D eigenvalue weighted by molar-refractivity contribution is -0.130. The van der Waals surface area contributed by atoms with Crippen LogP contribution in [-0.2, 0) is 4.79 Å². The lowest BCUT2D eigenvalue weighted by atomic mass is 10.0. The van der Waals surface area contributed by atoms with Crippen LogP contribution < -0.4 is 5.32 Å². The van der Waals surface area contributed by atoms with Crippen LogP contribution in [0.25, 0.3) is 0 Å². The van der Waals surface area contributed by atoms with Gasteiger partial charge in [-0.2, -0.15) is 0 Å². The van der Waals surface area contributed by atoms with Crippen molar-refractivity contribution in [3.8, 4) is 0 Å². The molecule has 126 valence electrons. The SMILES string of the molecule is CCNC(=NCC(C)c1ccccc1)N1CCN(C(C)=O)CC1. The van der Waals surface area contributed by atoms with Crippen molar-refractivity contribution < 1.29 is 4.79 Å². The van der Waals surface area contributed by atoms with E-state index in [1.165, 1.54) is 5.56 Å². The summed E-state index contributed by atoms with van der Waals surface area (Å²) in [4.78, 5) is 20.4. The van der Waals surface area contributed by atoms with Crippen molar-refractivity contribution in [2.45, 2.75) is 26.7 Å². The number of hydrogen-bond donors (Lipinski definition) is 1. The highest BCUT2D eigenvalue weighted by Crippen LogP contribution is 2.15. The van der Waals surface area contributed by atoms with Gasteiger partial charge in [0.1, 0.15) is 0 Å². The summed E-state index contributed by atoms with van der Waals surface area (Å²) in [5.74, 6) is 1.51. The van der Waals surface area contributed by atoms with Crippen molar-refractivity contribution >= 4 is 11.9 Å². The molecule has 0 aromatic heterocycles. The first-order valence-electron chi connectivity index (χ1n) is 8.45. The molecule has 0 aliphatic carbocycles. The molecule has 1 aliphatic rings. The Bertz CT molecular complexity index is 521. The summed E-state index contributed by atoms with van der Waals surface area (Å²) in [6.07, 6.45) is 0. The maximum Gasteiger partial charge on any atom is 0.219 e. The number of nitrogens with one attached hydrogen (secondary N) is 1. The van der Waals surface area contributed by atoms with E-state index >= 15 is 0 Å². The summed E-state index contributed by atoms with van der Waals surface area (Å²) >= 11 is 0. The summed E-state index contributed by atoms with van der Waals surface area (Å²) in [6, 6.07) is 10.5.